The summed E-state index contributed by atoms with van der Waals surface area (Å²) in [6.45, 7) is 2.49. The first-order chi connectivity index (χ1) is 11.7. The third-order valence-electron chi connectivity index (χ3n) is 6.84. The molecule has 0 N–H and O–H groups in total. The SMILES string of the molecule is O=C(CCC(=O)N1C[C@@H]2[C@H]3CC[C@@H](C3)[C@H]21)N1CCc2sccc2C1. The van der Waals surface area contributed by atoms with E-state index in [9.17, 15) is 9.59 Å². The van der Waals surface area contributed by atoms with Crippen molar-refractivity contribution in [1.29, 1.82) is 0 Å². The number of carbonyl (C=O) groups excluding carboxylic acids is 2. The Kier molecular flexibility index (Phi) is 3.47. The number of thiophene rings is 1. The summed E-state index contributed by atoms with van der Waals surface area (Å²) in [6.07, 6.45) is 5.77. The van der Waals surface area contributed by atoms with Gasteiger partial charge in [-0.2, -0.15) is 0 Å². The van der Waals surface area contributed by atoms with Crippen LogP contribution in [-0.2, 0) is 22.6 Å². The van der Waals surface area contributed by atoms with Crippen LogP contribution >= 0.6 is 11.3 Å². The molecule has 2 aliphatic carbocycles. The summed E-state index contributed by atoms with van der Waals surface area (Å²) in [6, 6.07) is 2.65. The van der Waals surface area contributed by atoms with Gasteiger partial charge in [0.15, 0.2) is 0 Å². The molecule has 2 saturated carbocycles. The fraction of sp³-hybridized carbons (Fsp3) is 0.684. The molecule has 0 spiro atoms. The highest BCUT2D eigenvalue weighted by Crippen LogP contribution is 2.55. The van der Waals surface area contributed by atoms with Crippen LogP contribution in [0.4, 0.5) is 0 Å². The maximum atomic E-state index is 12.5. The van der Waals surface area contributed by atoms with Gasteiger partial charge in [-0.25, -0.2) is 0 Å². The molecule has 1 saturated heterocycles. The van der Waals surface area contributed by atoms with E-state index in [4.69, 9.17) is 0 Å². The lowest BCUT2D eigenvalue weighted by atomic mass is 9.76. The summed E-state index contributed by atoms with van der Waals surface area (Å²) < 4.78 is 0. The van der Waals surface area contributed by atoms with Crippen LogP contribution in [0.1, 0.15) is 42.5 Å². The number of carbonyl (C=O) groups is 2. The number of nitrogens with zero attached hydrogens (tertiary/aromatic N) is 2. The van der Waals surface area contributed by atoms with E-state index in [0.29, 0.717) is 18.9 Å². The average Bonchev–Trinajstić information content (AvgIpc) is 3.25. The van der Waals surface area contributed by atoms with Crippen molar-refractivity contribution in [1.82, 2.24) is 9.80 Å². The van der Waals surface area contributed by atoms with Gasteiger partial charge < -0.3 is 9.80 Å². The lowest BCUT2D eigenvalue weighted by Gasteiger charge is -2.50. The van der Waals surface area contributed by atoms with Crippen molar-refractivity contribution in [2.75, 3.05) is 13.1 Å². The number of hydrogen-bond acceptors (Lipinski definition) is 3. The van der Waals surface area contributed by atoms with E-state index in [0.717, 1.165) is 43.8 Å². The topological polar surface area (TPSA) is 40.6 Å². The first-order valence-corrected chi connectivity index (χ1v) is 10.2. The fourth-order valence-electron chi connectivity index (χ4n) is 5.58. The first kappa shape index (κ1) is 14.9. The van der Waals surface area contributed by atoms with Crippen molar-refractivity contribution >= 4 is 23.2 Å². The molecular weight excluding hydrogens is 320 g/mol. The minimum Gasteiger partial charge on any atom is -0.339 e. The second-order valence-electron chi connectivity index (χ2n) is 7.97. The van der Waals surface area contributed by atoms with Gasteiger partial charge in [0.2, 0.25) is 11.8 Å². The summed E-state index contributed by atoms with van der Waals surface area (Å²) in [4.78, 5) is 30.5. The van der Waals surface area contributed by atoms with E-state index in [1.807, 2.05) is 4.90 Å². The predicted octanol–water partition coefficient (Wildman–Crippen LogP) is 2.67. The number of fused-ring (bicyclic) bond motifs is 6. The number of likely N-dealkylation sites (tertiary alicyclic amines) is 1. The molecule has 0 radical (unpaired) electrons. The standard InChI is InChI=1S/C19H24N2O2S/c22-17(20-7-5-16-14(10-20)6-8-24-16)3-4-18(23)21-11-15-12-1-2-13(9-12)19(15)21/h6,8,12-13,15,19H,1-5,7,9-11H2/t12-,13-,15+,19+/m0/s1. The number of amides is 2. The van der Waals surface area contributed by atoms with Crippen LogP contribution in [0.25, 0.3) is 0 Å². The van der Waals surface area contributed by atoms with Gasteiger partial charge in [0.05, 0.1) is 0 Å². The quantitative estimate of drug-likeness (QED) is 0.846. The molecule has 3 fully saturated rings. The third kappa shape index (κ3) is 2.24. The van der Waals surface area contributed by atoms with E-state index in [-0.39, 0.29) is 11.8 Å². The van der Waals surface area contributed by atoms with Crippen LogP contribution < -0.4 is 0 Å². The minimum atomic E-state index is 0.144. The molecule has 4 aliphatic rings. The van der Waals surface area contributed by atoms with Crippen LogP contribution in [0.3, 0.4) is 0 Å². The van der Waals surface area contributed by atoms with Crippen LogP contribution in [0.2, 0.25) is 0 Å². The average molecular weight is 344 g/mol. The van der Waals surface area contributed by atoms with Gasteiger partial charge in [-0.3, -0.25) is 9.59 Å². The van der Waals surface area contributed by atoms with Gasteiger partial charge >= 0.3 is 0 Å². The summed E-state index contributed by atoms with van der Waals surface area (Å²) >= 11 is 1.79. The molecule has 5 rings (SSSR count). The first-order valence-electron chi connectivity index (χ1n) is 9.33. The Morgan fingerprint density at radius 2 is 2.00 bits per heavy atom. The molecule has 0 aromatic carbocycles. The summed E-state index contributed by atoms with van der Waals surface area (Å²) in [5.41, 5.74) is 1.29. The zero-order chi connectivity index (χ0) is 16.3. The van der Waals surface area contributed by atoms with Crippen molar-refractivity contribution in [2.45, 2.75) is 51.1 Å². The van der Waals surface area contributed by atoms with Crippen LogP contribution in [0.15, 0.2) is 11.4 Å². The summed E-state index contributed by atoms with van der Waals surface area (Å²) in [5.74, 6) is 2.78. The number of rotatable bonds is 3. The Hall–Kier alpha value is -1.36. The molecular formula is C19H24N2O2S. The largest absolute Gasteiger partial charge is 0.339 e. The highest BCUT2D eigenvalue weighted by Gasteiger charge is 2.57. The monoisotopic (exact) mass is 344 g/mol. The molecule has 3 heterocycles. The molecule has 2 bridgehead atoms. The Bertz CT molecular complexity index is 683. The van der Waals surface area contributed by atoms with E-state index >= 15 is 0 Å². The molecule has 5 heteroatoms. The van der Waals surface area contributed by atoms with E-state index in [1.54, 1.807) is 11.3 Å². The summed E-state index contributed by atoms with van der Waals surface area (Å²) in [7, 11) is 0. The Labute approximate surface area is 146 Å². The van der Waals surface area contributed by atoms with Gasteiger partial charge in [0.25, 0.3) is 0 Å². The Morgan fingerprint density at radius 3 is 2.88 bits per heavy atom. The van der Waals surface area contributed by atoms with Crippen molar-refractivity contribution in [3.63, 3.8) is 0 Å². The summed E-state index contributed by atoms with van der Waals surface area (Å²) in [5, 5.41) is 2.11. The van der Waals surface area contributed by atoms with Gasteiger partial charge in [-0.05, 0) is 54.5 Å². The normalized spacial score (nSPS) is 33.2. The minimum absolute atomic E-state index is 0.144. The lowest BCUT2D eigenvalue weighted by molar-refractivity contribution is -0.149. The number of hydrogen-bond donors (Lipinski definition) is 0. The molecule has 0 unspecified atom stereocenters. The maximum Gasteiger partial charge on any atom is 0.223 e. The van der Waals surface area contributed by atoms with Crippen LogP contribution in [0.5, 0.6) is 0 Å². The van der Waals surface area contributed by atoms with Gasteiger partial charge in [0, 0.05) is 49.3 Å². The van der Waals surface area contributed by atoms with Gasteiger partial charge in [0.1, 0.15) is 0 Å². The Balaban J connectivity index is 1.14. The molecule has 1 aromatic rings. The molecule has 24 heavy (non-hydrogen) atoms. The predicted molar refractivity (Wildman–Crippen MR) is 92.5 cm³/mol. The van der Waals surface area contributed by atoms with E-state index < -0.39 is 0 Å². The second-order valence-corrected chi connectivity index (χ2v) is 8.97. The van der Waals surface area contributed by atoms with E-state index in [1.165, 1.54) is 29.7 Å². The highest BCUT2D eigenvalue weighted by atomic mass is 32.1. The Morgan fingerprint density at radius 1 is 1.17 bits per heavy atom. The smallest absolute Gasteiger partial charge is 0.223 e. The molecule has 4 atom stereocenters. The van der Waals surface area contributed by atoms with Gasteiger partial charge in [-0.1, -0.05) is 0 Å². The highest BCUT2D eigenvalue weighted by molar-refractivity contribution is 7.10. The molecule has 2 amide bonds. The fourth-order valence-corrected chi connectivity index (χ4v) is 6.47. The van der Waals surface area contributed by atoms with Crippen molar-refractivity contribution in [3.05, 3.63) is 21.9 Å². The third-order valence-corrected chi connectivity index (χ3v) is 7.86. The van der Waals surface area contributed by atoms with E-state index in [2.05, 4.69) is 16.3 Å². The second kappa shape index (κ2) is 5.58. The zero-order valence-electron chi connectivity index (χ0n) is 13.9. The lowest BCUT2D eigenvalue weighted by Crippen LogP contribution is -2.60. The molecule has 4 nitrogen and oxygen atoms in total. The van der Waals surface area contributed by atoms with Crippen molar-refractivity contribution in [2.24, 2.45) is 17.8 Å². The molecule has 128 valence electrons. The zero-order valence-corrected chi connectivity index (χ0v) is 14.8. The van der Waals surface area contributed by atoms with Crippen molar-refractivity contribution < 1.29 is 9.59 Å². The molecule has 2 aliphatic heterocycles. The van der Waals surface area contributed by atoms with Crippen molar-refractivity contribution in [3.8, 4) is 0 Å². The molecule has 1 aromatic heterocycles. The maximum absolute atomic E-state index is 12.5. The van der Waals surface area contributed by atoms with Crippen LogP contribution in [0, 0.1) is 17.8 Å². The van der Waals surface area contributed by atoms with Crippen LogP contribution in [-0.4, -0.2) is 40.7 Å². The van der Waals surface area contributed by atoms with Gasteiger partial charge in [-0.15, -0.1) is 11.3 Å².